The zero-order valence-electron chi connectivity index (χ0n) is 18.1. The summed E-state index contributed by atoms with van der Waals surface area (Å²) in [5.74, 6) is 1.40. The van der Waals surface area contributed by atoms with Gasteiger partial charge in [-0.15, -0.1) is 10.2 Å². The molecule has 32 heavy (non-hydrogen) atoms. The molecule has 0 bridgehead atoms. The molecule has 1 fully saturated rings. The van der Waals surface area contributed by atoms with E-state index in [4.69, 9.17) is 9.47 Å². The number of benzene rings is 2. The van der Waals surface area contributed by atoms with Crippen molar-refractivity contribution in [3.05, 3.63) is 66.5 Å². The molecule has 1 saturated heterocycles. The highest BCUT2D eigenvalue weighted by Gasteiger charge is 2.26. The lowest BCUT2D eigenvalue weighted by Gasteiger charge is -2.36. The second-order valence-corrected chi connectivity index (χ2v) is 7.54. The second kappa shape index (κ2) is 9.64. The summed E-state index contributed by atoms with van der Waals surface area (Å²) in [4.78, 5) is 16.6. The number of carbonyl (C=O) groups excluding carboxylic acids is 1. The molecule has 8 heteroatoms. The molecule has 0 unspecified atom stereocenters. The first-order valence-corrected chi connectivity index (χ1v) is 10.5. The molecule has 0 N–H and O–H groups in total. The van der Waals surface area contributed by atoms with E-state index in [-0.39, 0.29) is 5.91 Å². The van der Waals surface area contributed by atoms with Crippen LogP contribution in [0.3, 0.4) is 0 Å². The zero-order valence-corrected chi connectivity index (χ0v) is 18.1. The molecule has 0 saturated carbocycles. The van der Waals surface area contributed by atoms with Gasteiger partial charge < -0.3 is 19.3 Å². The predicted octanol–water partition coefficient (Wildman–Crippen LogP) is 3.41. The Morgan fingerprint density at radius 3 is 2.34 bits per heavy atom. The van der Waals surface area contributed by atoms with Gasteiger partial charge >= 0.3 is 0 Å². The summed E-state index contributed by atoms with van der Waals surface area (Å²) in [6, 6.07) is 17.4. The third kappa shape index (κ3) is 4.96. The highest BCUT2D eigenvalue weighted by molar-refractivity contribution is 5.81. The van der Waals surface area contributed by atoms with Crippen LogP contribution in [0.2, 0.25) is 0 Å². The molecule has 4 rings (SSSR count). The van der Waals surface area contributed by atoms with Crippen molar-refractivity contribution in [1.82, 2.24) is 15.1 Å². The number of aromatic nitrogens is 2. The van der Waals surface area contributed by atoms with E-state index in [9.17, 15) is 9.18 Å². The summed E-state index contributed by atoms with van der Waals surface area (Å²) in [6.07, 6.45) is -0.688. The summed E-state index contributed by atoms with van der Waals surface area (Å²) in [7, 11) is 1.63. The maximum Gasteiger partial charge on any atom is 0.263 e. The Labute approximate surface area is 186 Å². The minimum Gasteiger partial charge on any atom is -0.497 e. The van der Waals surface area contributed by atoms with Gasteiger partial charge in [0, 0.05) is 37.8 Å². The third-order valence-electron chi connectivity index (χ3n) is 5.41. The van der Waals surface area contributed by atoms with E-state index in [1.54, 1.807) is 31.1 Å². The van der Waals surface area contributed by atoms with E-state index in [1.807, 2.05) is 36.4 Å². The Hall–Kier alpha value is -3.68. The van der Waals surface area contributed by atoms with Gasteiger partial charge in [-0.2, -0.15) is 0 Å². The van der Waals surface area contributed by atoms with Gasteiger partial charge in [-0.1, -0.05) is 6.07 Å². The molecule has 7 nitrogen and oxygen atoms in total. The molecule has 1 aromatic heterocycles. The number of piperazine rings is 1. The highest BCUT2D eigenvalue weighted by Crippen LogP contribution is 2.22. The first-order valence-electron chi connectivity index (χ1n) is 10.5. The number of hydrogen-bond donors (Lipinski definition) is 0. The van der Waals surface area contributed by atoms with E-state index in [0.29, 0.717) is 31.9 Å². The van der Waals surface area contributed by atoms with Gasteiger partial charge in [-0.3, -0.25) is 4.79 Å². The van der Waals surface area contributed by atoms with E-state index in [2.05, 4.69) is 15.1 Å². The molecule has 3 aromatic rings. The minimum atomic E-state index is -0.688. The fourth-order valence-corrected chi connectivity index (χ4v) is 3.62. The van der Waals surface area contributed by atoms with Crippen LogP contribution in [0.15, 0.2) is 60.7 Å². The summed E-state index contributed by atoms with van der Waals surface area (Å²) in [5, 5.41) is 8.72. The molecule has 1 amide bonds. The van der Waals surface area contributed by atoms with Crippen LogP contribution in [0, 0.1) is 5.82 Å². The zero-order chi connectivity index (χ0) is 22.5. The van der Waals surface area contributed by atoms with Gasteiger partial charge in [0.2, 0.25) is 0 Å². The van der Waals surface area contributed by atoms with Crippen LogP contribution in [0.25, 0.3) is 11.3 Å². The second-order valence-electron chi connectivity index (χ2n) is 7.54. The predicted molar refractivity (Wildman–Crippen MR) is 119 cm³/mol. The van der Waals surface area contributed by atoms with E-state index < -0.39 is 11.9 Å². The van der Waals surface area contributed by atoms with Crippen LogP contribution in [0.1, 0.15) is 6.92 Å². The number of amides is 1. The molecular weight excluding hydrogens is 411 g/mol. The smallest absolute Gasteiger partial charge is 0.263 e. The average molecular weight is 436 g/mol. The number of anilines is 1. The highest BCUT2D eigenvalue weighted by atomic mass is 19.1. The normalized spacial score (nSPS) is 14.7. The van der Waals surface area contributed by atoms with Gasteiger partial charge in [-0.05, 0) is 55.5 Å². The van der Waals surface area contributed by atoms with Crippen LogP contribution in [0.4, 0.5) is 10.2 Å². The van der Waals surface area contributed by atoms with Crippen LogP contribution in [-0.2, 0) is 4.79 Å². The van der Waals surface area contributed by atoms with Crippen molar-refractivity contribution in [2.24, 2.45) is 0 Å². The summed E-state index contributed by atoms with van der Waals surface area (Å²) in [5.41, 5.74) is 1.75. The lowest BCUT2D eigenvalue weighted by molar-refractivity contribution is -0.138. The molecule has 2 heterocycles. The first-order chi connectivity index (χ1) is 15.5. The van der Waals surface area contributed by atoms with Crippen molar-refractivity contribution >= 4 is 11.7 Å². The van der Waals surface area contributed by atoms with Crippen molar-refractivity contribution in [2.75, 3.05) is 38.2 Å². The molecule has 2 aromatic carbocycles. The summed E-state index contributed by atoms with van der Waals surface area (Å²) >= 11 is 0. The molecule has 1 aliphatic heterocycles. The number of rotatable bonds is 6. The topological polar surface area (TPSA) is 67.8 Å². The van der Waals surface area contributed by atoms with Gasteiger partial charge in [0.25, 0.3) is 5.91 Å². The van der Waals surface area contributed by atoms with Gasteiger partial charge in [-0.25, -0.2) is 4.39 Å². The Morgan fingerprint density at radius 2 is 1.72 bits per heavy atom. The van der Waals surface area contributed by atoms with Gasteiger partial charge in [0.1, 0.15) is 17.3 Å². The molecule has 0 radical (unpaired) electrons. The van der Waals surface area contributed by atoms with Crippen molar-refractivity contribution in [3.63, 3.8) is 0 Å². The lowest BCUT2D eigenvalue weighted by atomic mass is 10.1. The number of carbonyl (C=O) groups is 1. The Morgan fingerprint density at radius 1 is 0.969 bits per heavy atom. The van der Waals surface area contributed by atoms with Crippen LogP contribution >= 0.6 is 0 Å². The average Bonchev–Trinajstić information content (AvgIpc) is 2.84. The number of nitrogens with zero attached hydrogens (tertiary/aromatic N) is 4. The Kier molecular flexibility index (Phi) is 6.49. The van der Waals surface area contributed by atoms with Crippen molar-refractivity contribution in [2.45, 2.75) is 13.0 Å². The number of halogens is 1. The van der Waals surface area contributed by atoms with Crippen molar-refractivity contribution < 1.29 is 18.7 Å². The fourth-order valence-electron chi connectivity index (χ4n) is 3.62. The molecule has 1 aliphatic rings. The molecular formula is C24H25FN4O3. The first kappa shape index (κ1) is 21.5. The Balaban J connectivity index is 1.32. The molecule has 0 aliphatic carbocycles. The van der Waals surface area contributed by atoms with Gasteiger partial charge in [0.05, 0.1) is 12.8 Å². The monoisotopic (exact) mass is 436 g/mol. The fraction of sp³-hybridized carbons (Fsp3) is 0.292. The van der Waals surface area contributed by atoms with Crippen LogP contribution < -0.4 is 14.4 Å². The largest absolute Gasteiger partial charge is 0.497 e. The molecule has 166 valence electrons. The molecule has 1 atom stereocenters. The van der Waals surface area contributed by atoms with Crippen LogP contribution in [0.5, 0.6) is 11.5 Å². The van der Waals surface area contributed by atoms with Crippen LogP contribution in [-0.4, -0.2) is 60.4 Å². The van der Waals surface area contributed by atoms with E-state index in [0.717, 1.165) is 22.8 Å². The third-order valence-corrected chi connectivity index (χ3v) is 5.41. The quantitative estimate of drug-likeness (QED) is 0.590. The number of methoxy groups -OCH3 is 1. The van der Waals surface area contributed by atoms with Gasteiger partial charge in [0.15, 0.2) is 11.9 Å². The molecule has 0 spiro atoms. The summed E-state index contributed by atoms with van der Waals surface area (Å²) < 4.78 is 24.1. The standard InChI is InChI=1S/C24H25FN4O3/c1-17(32-21-5-3-4-19(25)16-21)24(30)29-14-12-28(13-15-29)23-11-10-22(26-27-23)18-6-8-20(31-2)9-7-18/h3-11,16-17H,12-15H2,1-2H3/t17-/m0/s1. The van der Waals surface area contributed by atoms with E-state index in [1.165, 1.54) is 12.1 Å². The SMILES string of the molecule is COc1ccc(-c2ccc(N3CCN(C(=O)[C@H](C)Oc4cccc(F)c4)CC3)nn2)cc1. The Bertz CT molecular complexity index is 1050. The maximum absolute atomic E-state index is 13.3. The minimum absolute atomic E-state index is 0.116. The van der Waals surface area contributed by atoms with Crippen molar-refractivity contribution in [1.29, 1.82) is 0 Å². The summed E-state index contributed by atoms with van der Waals surface area (Å²) in [6.45, 7) is 4.09. The lowest BCUT2D eigenvalue weighted by Crippen LogP contribution is -2.52. The number of hydrogen-bond acceptors (Lipinski definition) is 6. The maximum atomic E-state index is 13.3. The van der Waals surface area contributed by atoms with Crippen molar-refractivity contribution in [3.8, 4) is 22.8 Å². The number of ether oxygens (including phenoxy) is 2. The van der Waals surface area contributed by atoms with E-state index >= 15 is 0 Å².